The van der Waals surface area contributed by atoms with Gasteiger partial charge in [-0.1, -0.05) is 28.1 Å². The molecular weight excluding hydrogens is 326 g/mol. The largest absolute Gasteiger partial charge is 0.453 e. The summed E-state index contributed by atoms with van der Waals surface area (Å²) >= 11 is 8.46. The number of halogens is 1. The molecule has 2 N–H and O–H groups in total. The predicted octanol–water partition coefficient (Wildman–Crippen LogP) is 3.23. The highest BCUT2D eigenvalue weighted by Gasteiger charge is 2.15. The molecule has 2 rings (SSSR count). The molecule has 0 aliphatic rings. The third-order valence-electron chi connectivity index (χ3n) is 2.86. The zero-order chi connectivity index (χ0) is 14.2. The van der Waals surface area contributed by atoms with Gasteiger partial charge in [0.1, 0.15) is 16.4 Å². The molecule has 0 fully saturated rings. The molecular formula is C13H14BrN3OS. The van der Waals surface area contributed by atoms with Gasteiger partial charge < -0.3 is 10.5 Å². The first kappa shape index (κ1) is 14.0. The molecule has 0 saturated carbocycles. The van der Waals surface area contributed by atoms with Crippen LogP contribution in [-0.2, 0) is 7.05 Å². The molecule has 0 saturated heterocycles. The molecule has 0 aliphatic carbocycles. The van der Waals surface area contributed by atoms with Crippen molar-refractivity contribution in [2.45, 2.75) is 13.8 Å². The Morgan fingerprint density at radius 2 is 2.11 bits per heavy atom. The van der Waals surface area contributed by atoms with Gasteiger partial charge in [0.05, 0.1) is 11.3 Å². The first-order valence-electron chi connectivity index (χ1n) is 5.67. The summed E-state index contributed by atoms with van der Waals surface area (Å²) in [6.45, 7) is 3.86. The van der Waals surface area contributed by atoms with E-state index in [1.807, 2.05) is 39.1 Å². The van der Waals surface area contributed by atoms with Gasteiger partial charge in [-0.15, -0.1) is 0 Å². The summed E-state index contributed by atoms with van der Waals surface area (Å²) < 4.78 is 8.64. The first-order chi connectivity index (χ1) is 8.90. The van der Waals surface area contributed by atoms with Gasteiger partial charge in [0.25, 0.3) is 0 Å². The van der Waals surface area contributed by atoms with E-state index in [0.717, 1.165) is 21.6 Å². The quantitative estimate of drug-likeness (QED) is 0.872. The van der Waals surface area contributed by atoms with Crippen molar-refractivity contribution < 1.29 is 4.74 Å². The van der Waals surface area contributed by atoms with Crippen molar-refractivity contribution in [2.75, 3.05) is 0 Å². The fourth-order valence-electron chi connectivity index (χ4n) is 1.80. The maximum atomic E-state index is 5.95. The summed E-state index contributed by atoms with van der Waals surface area (Å²) in [7, 11) is 1.88. The zero-order valence-electron chi connectivity index (χ0n) is 10.9. The third kappa shape index (κ3) is 2.79. The first-order valence-corrected chi connectivity index (χ1v) is 6.87. The van der Waals surface area contributed by atoms with Crippen LogP contribution < -0.4 is 10.5 Å². The van der Waals surface area contributed by atoms with Gasteiger partial charge in [0.15, 0.2) is 5.75 Å². The van der Waals surface area contributed by atoms with E-state index in [-0.39, 0.29) is 0 Å². The smallest absolute Gasteiger partial charge is 0.171 e. The molecule has 19 heavy (non-hydrogen) atoms. The summed E-state index contributed by atoms with van der Waals surface area (Å²) in [5.41, 5.74) is 8.20. The van der Waals surface area contributed by atoms with Crippen molar-refractivity contribution in [2.24, 2.45) is 12.8 Å². The Balaban J connectivity index is 2.48. The molecule has 4 nitrogen and oxygen atoms in total. The fourth-order valence-corrected chi connectivity index (χ4v) is 2.30. The molecule has 0 radical (unpaired) electrons. The van der Waals surface area contributed by atoms with Crippen molar-refractivity contribution in [3.63, 3.8) is 0 Å². The molecule has 0 unspecified atom stereocenters. The molecule has 1 heterocycles. The van der Waals surface area contributed by atoms with Crippen LogP contribution in [0, 0.1) is 13.8 Å². The second-order valence-electron chi connectivity index (χ2n) is 4.23. The van der Waals surface area contributed by atoms with E-state index in [4.69, 9.17) is 22.7 Å². The molecule has 6 heteroatoms. The summed E-state index contributed by atoms with van der Waals surface area (Å²) in [4.78, 5) is 0.307. The Bertz CT molecular complexity index is 652. The number of thiocarbonyl (C=S) groups is 1. The monoisotopic (exact) mass is 339 g/mol. The van der Waals surface area contributed by atoms with Gasteiger partial charge in [0, 0.05) is 11.5 Å². The topological polar surface area (TPSA) is 53.1 Å². The lowest BCUT2D eigenvalue weighted by Crippen LogP contribution is -2.10. The average Bonchev–Trinajstić information content (AvgIpc) is 2.56. The van der Waals surface area contributed by atoms with Crippen LogP contribution in [0.15, 0.2) is 22.7 Å². The molecule has 1 aromatic heterocycles. The van der Waals surface area contributed by atoms with Crippen LogP contribution in [-0.4, -0.2) is 14.8 Å². The minimum Gasteiger partial charge on any atom is -0.453 e. The third-order valence-corrected chi connectivity index (χ3v) is 3.58. The van der Waals surface area contributed by atoms with E-state index < -0.39 is 0 Å². The predicted molar refractivity (Wildman–Crippen MR) is 82.8 cm³/mol. The van der Waals surface area contributed by atoms with Gasteiger partial charge in [-0.25, -0.2) is 0 Å². The fraction of sp³-hybridized carbons (Fsp3) is 0.231. The van der Waals surface area contributed by atoms with Gasteiger partial charge in [-0.05, 0) is 32.0 Å². The van der Waals surface area contributed by atoms with Gasteiger partial charge in [0.2, 0.25) is 0 Å². The number of aryl methyl sites for hydroxylation is 2. The Hall–Kier alpha value is -1.40. The average molecular weight is 340 g/mol. The number of hydrogen-bond acceptors (Lipinski definition) is 3. The van der Waals surface area contributed by atoms with Crippen LogP contribution in [0.4, 0.5) is 0 Å². The minimum atomic E-state index is 0.307. The van der Waals surface area contributed by atoms with Gasteiger partial charge >= 0.3 is 0 Å². The second-order valence-corrected chi connectivity index (χ2v) is 5.59. The van der Waals surface area contributed by atoms with Crippen LogP contribution in [0.2, 0.25) is 0 Å². The Morgan fingerprint density at radius 3 is 2.63 bits per heavy atom. The Morgan fingerprint density at radius 1 is 1.42 bits per heavy atom. The lowest BCUT2D eigenvalue weighted by Gasteiger charge is -2.11. The highest BCUT2D eigenvalue weighted by Crippen LogP contribution is 2.32. The van der Waals surface area contributed by atoms with Gasteiger partial charge in [-0.3, -0.25) is 4.68 Å². The van der Waals surface area contributed by atoms with Crippen molar-refractivity contribution in [1.29, 1.82) is 0 Å². The molecule has 0 aliphatic heterocycles. The molecule has 0 bridgehead atoms. The van der Waals surface area contributed by atoms with Crippen molar-refractivity contribution >= 4 is 33.1 Å². The summed E-state index contributed by atoms with van der Waals surface area (Å²) in [5, 5.41) is 4.32. The number of hydrogen-bond donors (Lipinski definition) is 1. The lowest BCUT2D eigenvalue weighted by atomic mass is 10.2. The van der Waals surface area contributed by atoms with Crippen molar-refractivity contribution in [3.8, 4) is 11.5 Å². The maximum Gasteiger partial charge on any atom is 0.171 e. The normalized spacial score (nSPS) is 10.5. The summed E-state index contributed by atoms with van der Waals surface area (Å²) in [6, 6.07) is 5.56. The lowest BCUT2D eigenvalue weighted by molar-refractivity contribution is 0.473. The summed E-state index contributed by atoms with van der Waals surface area (Å²) in [6.07, 6.45) is 0. The molecule has 2 aromatic rings. The van der Waals surface area contributed by atoms with E-state index in [0.29, 0.717) is 16.3 Å². The number of nitrogens with zero attached hydrogens (tertiary/aromatic N) is 2. The highest BCUT2D eigenvalue weighted by atomic mass is 79.9. The Labute approximate surface area is 125 Å². The van der Waals surface area contributed by atoms with Crippen molar-refractivity contribution in [3.05, 3.63) is 39.6 Å². The summed E-state index contributed by atoms with van der Waals surface area (Å²) in [5.74, 6) is 1.36. The Kier molecular flexibility index (Phi) is 3.91. The molecule has 1 aromatic carbocycles. The second kappa shape index (κ2) is 5.30. The number of nitrogens with two attached hydrogens (primary N) is 1. The number of rotatable bonds is 3. The standard InChI is InChI=1S/C13H14BrN3OS/c1-7-12(8(2)17(3)16-7)18-11-6-9(14)4-5-10(11)13(15)19/h4-6H,1-3H3,(H2,15,19). The van der Waals surface area contributed by atoms with Crippen LogP contribution in [0.5, 0.6) is 11.5 Å². The number of benzene rings is 1. The van der Waals surface area contributed by atoms with Crippen LogP contribution in [0.1, 0.15) is 17.0 Å². The number of ether oxygens (including phenoxy) is 1. The van der Waals surface area contributed by atoms with Gasteiger partial charge in [-0.2, -0.15) is 5.10 Å². The zero-order valence-corrected chi connectivity index (χ0v) is 13.3. The maximum absolute atomic E-state index is 5.95. The van der Waals surface area contributed by atoms with E-state index in [2.05, 4.69) is 21.0 Å². The molecule has 0 atom stereocenters. The van der Waals surface area contributed by atoms with E-state index in [1.54, 1.807) is 4.68 Å². The van der Waals surface area contributed by atoms with E-state index in [9.17, 15) is 0 Å². The van der Waals surface area contributed by atoms with E-state index in [1.165, 1.54) is 0 Å². The SMILES string of the molecule is Cc1nn(C)c(C)c1Oc1cc(Br)ccc1C(N)=S. The van der Waals surface area contributed by atoms with Crippen LogP contribution >= 0.6 is 28.1 Å². The minimum absolute atomic E-state index is 0.307. The van der Waals surface area contributed by atoms with E-state index >= 15 is 0 Å². The highest BCUT2D eigenvalue weighted by molar-refractivity contribution is 9.10. The van der Waals surface area contributed by atoms with Crippen LogP contribution in [0.3, 0.4) is 0 Å². The number of aromatic nitrogens is 2. The molecule has 100 valence electrons. The molecule has 0 amide bonds. The van der Waals surface area contributed by atoms with Crippen molar-refractivity contribution in [1.82, 2.24) is 9.78 Å². The van der Waals surface area contributed by atoms with Crippen LogP contribution in [0.25, 0.3) is 0 Å². The molecule has 0 spiro atoms.